The molecule has 0 radical (unpaired) electrons. The Balaban J connectivity index is 2.68. The number of nitrogens with zero attached hydrogens (tertiary/aromatic N) is 3. The van der Waals surface area contributed by atoms with Crippen LogP contribution in [0.5, 0.6) is 0 Å². The summed E-state index contributed by atoms with van der Waals surface area (Å²) >= 11 is 3.05. The van der Waals surface area contributed by atoms with E-state index in [1.165, 1.54) is 12.1 Å². The number of hydrogen-bond donors (Lipinski definition) is 0. The van der Waals surface area contributed by atoms with E-state index in [0.29, 0.717) is 9.27 Å². The summed E-state index contributed by atoms with van der Waals surface area (Å²) in [5, 5.41) is 14.8. The van der Waals surface area contributed by atoms with Crippen molar-refractivity contribution in [1.29, 1.82) is 0 Å². The third kappa shape index (κ3) is 2.26. The molecule has 0 aliphatic rings. The molecule has 2 rings (SSSR count). The highest BCUT2D eigenvalue weighted by molar-refractivity contribution is 9.10. The molecule has 0 saturated carbocycles. The summed E-state index contributed by atoms with van der Waals surface area (Å²) in [6.07, 6.45) is -2.41. The van der Waals surface area contributed by atoms with Gasteiger partial charge in [-0.1, -0.05) is 15.9 Å². The average molecular weight is 308 g/mol. The van der Waals surface area contributed by atoms with Crippen molar-refractivity contribution in [3.05, 3.63) is 45.8 Å². The summed E-state index contributed by atoms with van der Waals surface area (Å²) in [5.41, 5.74) is -1.25. The average Bonchev–Trinajstić information content (AvgIpc) is 2.62. The fourth-order valence-electron chi connectivity index (χ4n) is 1.34. The maximum absolute atomic E-state index is 12.7. The van der Waals surface area contributed by atoms with E-state index in [9.17, 15) is 18.4 Å². The number of halogens is 4. The van der Waals surface area contributed by atoms with Gasteiger partial charge in [-0.2, -0.15) is 18.0 Å². The molecule has 90 valence electrons. The van der Waals surface area contributed by atoms with Crippen LogP contribution in [0.25, 0.3) is 5.69 Å². The lowest BCUT2D eigenvalue weighted by molar-refractivity contribution is -0.688. The van der Waals surface area contributed by atoms with E-state index in [-0.39, 0.29) is 10.5 Å². The first-order valence-corrected chi connectivity index (χ1v) is 5.19. The Labute approximate surface area is 102 Å². The van der Waals surface area contributed by atoms with Crippen LogP contribution in [0.4, 0.5) is 13.2 Å². The molecule has 2 aromatic rings. The Morgan fingerprint density at radius 1 is 1.35 bits per heavy atom. The molecule has 0 bridgehead atoms. The van der Waals surface area contributed by atoms with E-state index in [4.69, 9.17) is 0 Å². The highest BCUT2D eigenvalue weighted by Gasteiger charge is 2.35. The summed E-state index contributed by atoms with van der Waals surface area (Å²) in [7, 11) is 0. The molecule has 0 spiro atoms. The third-order valence-corrected chi connectivity index (χ3v) is 2.53. The van der Waals surface area contributed by atoms with E-state index < -0.39 is 11.7 Å². The van der Waals surface area contributed by atoms with Crippen LogP contribution in [0.2, 0.25) is 0 Å². The van der Waals surface area contributed by atoms with Crippen LogP contribution < -0.4 is 4.85 Å². The molecular weight excluding hydrogens is 303 g/mol. The molecule has 1 aromatic carbocycles. The largest absolute Gasteiger partial charge is 0.692 e. The zero-order valence-corrected chi connectivity index (χ0v) is 9.73. The number of alkyl halides is 3. The molecule has 8 heteroatoms. The fourth-order valence-corrected chi connectivity index (χ4v) is 1.69. The van der Waals surface area contributed by atoms with E-state index in [2.05, 4.69) is 21.0 Å². The Kier molecular flexibility index (Phi) is 2.82. The first kappa shape index (κ1) is 11.9. The van der Waals surface area contributed by atoms with E-state index >= 15 is 0 Å². The van der Waals surface area contributed by atoms with Crippen LogP contribution in [-0.2, 0) is 6.18 Å². The molecular formula is C9H5BrF3N3O. The Hall–Kier alpha value is -1.57. The highest BCUT2D eigenvalue weighted by atomic mass is 79.9. The van der Waals surface area contributed by atoms with Gasteiger partial charge in [-0.05, 0) is 23.0 Å². The predicted molar refractivity (Wildman–Crippen MR) is 55.2 cm³/mol. The fraction of sp³-hybridized carbons (Fsp3) is 0.111. The van der Waals surface area contributed by atoms with Crippen molar-refractivity contribution in [3.8, 4) is 5.69 Å². The van der Waals surface area contributed by atoms with Crippen molar-refractivity contribution < 1.29 is 18.0 Å². The van der Waals surface area contributed by atoms with Gasteiger partial charge in [0.05, 0.1) is 5.56 Å². The highest BCUT2D eigenvalue weighted by Crippen LogP contribution is 2.34. The standard InChI is InChI=1S/C9H5BrF3N3O/c10-6-1-2-7(9(11,12)13)8(5-6)16-14-3-4-15(16)17/h1-5H. The molecule has 0 atom stereocenters. The number of benzene rings is 1. The van der Waals surface area contributed by atoms with Crippen molar-refractivity contribution in [2.24, 2.45) is 0 Å². The second-order valence-electron chi connectivity index (χ2n) is 3.16. The number of rotatable bonds is 1. The lowest BCUT2D eigenvalue weighted by Crippen LogP contribution is -2.37. The number of aromatic nitrogens is 3. The van der Waals surface area contributed by atoms with Gasteiger partial charge in [-0.25, -0.2) is 0 Å². The summed E-state index contributed by atoms with van der Waals surface area (Å²) in [6.45, 7) is 0. The monoisotopic (exact) mass is 307 g/mol. The van der Waals surface area contributed by atoms with Crippen molar-refractivity contribution in [2.45, 2.75) is 6.18 Å². The van der Waals surface area contributed by atoms with Crippen LogP contribution >= 0.6 is 15.9 Å². The van der Waals surface area contributed by atoms with Crippen LogP contribution in [-0.4, -0.2) is 9.90 Å². The lowest BCUT2D eigenvalue weighted by Gasteiger charge is -2.12. The van der Waals surface area contributed by atoms with Crippen molar-refractivity contribution in [1.82, 2.24) is 9.90 Å². The normalized spacial score (nSPS) is 11.8. The minimum Gasteiger partial charge on any atom is -0.692 e. The third-order valence-electron chi connectivity index (χ3n) is 2.04. The van der Waals surface area contributed by atoms with Crippen LogP contribution in [0, 0.1) is 5.21 Å². The zero-order valence-electron chi connectivity index (χ0n) is 8.15. The van der Waals surface area contributed by atoms with Crippen molar-refractivity contribution >= 4 is 15.9 Å². The molecule has 0 amide bonds. The minimum absolute atomic E-state index is 0.219. The quantitative estimate of drug-likeness (QED) is 0.599. The van der Waals surface area contributed by atoms with Gasteiger partial charge in [0, 0.05) is 9.57 Å². The van der Waals surface area contributed by atoms with Gasteiger partial charge in [-0.3, -0.25) is 0 Å². The molecule has 0 aliphatic heterocycles. The molecule has 4 nitrogen and oxygen atoms in total. The molecule has 0 fully saturated rings. The lowest BCUT2D eigenvalue weighted by atomic mass is 10.2. The molecule has 1 heterocycles. The van der Waals surface area contributed by atoms with E-state index in [0.717, 1.165) is 18.5 Å². The topological polar surface area (TPSA) is 44.8 Å². The van der Waals surface area contributed by atoms with Gasteiger partial charge in [0.2, 0.25) is 6.20 Å². The molecule has 1 aromatic heterocycles. The van der Waals surface area contributed by atoms with Crippen LogP contribution in [0.3, 0.4) is 0 Å². The van der Waals surface area contributed by atoms with Crippen molar-refractivity contribution in [3.63, 3.8) is 0 Å². The van der Waals surface area contributed by atoms with Gasteiger partial charge in [0.25, 0.3) is 0 Å². The Bertz CT molecular complexity index is 553. The second-order valence-corrected chi connectivity index (χ2v) is 4.08. The van der Waals surface area contributed by atoms with Gasteiger partial charge in [-0.15, -0.1) is 0 Å². The Morgan fingerprint density at radius 2 is 2.06 bits per heavy atom. The maximum atomic E-state index is 12.7. The molecule has 0 unspecified atom stereocenters. The van der Waals surface area contributed by atoms with E-state index in [1.54, 1.807) is 0 Å². The van der Waals surface area contributed by atoms with E-state index in [1.807, 2.05) is 0 Å². The summed E-state index contributed by atoms with van der Waals surface area (Å²) in [4.78, 5) is 0.852. The minimum atomic E-state index is -4.55. The van der Waals surface area contributed by atoms with Crippen LogP contribution in [0.15, 0.2) is 35.1 Å². The molecule has 0 aliphatic carbocycles. The second kappa shape index (κ2) is 4.02. The summed E-state index contributed by atoms with van der Waals surface area (Å²) in [5.74, 6) is 0. The van der Waals surface area contributed by atoms with Gasteiger partial charge in [0.1, 0.15) is 5.69 Å². The van der Waals surface area contributed by atoms with Crippen molar-refractivity contribution in [2.75, 3.05) is 0 Å². The van der Waals surface area contributed by atoms with Gasteiger partial charge < -0.3 is 5.21 Å². The van der Waals surface area contributed by atoms with Crippen LogP contribution in [0.1, 0.15) is 5.56 Å². The summed E-state index contributed by atoms with van der Waals surface area (Å²) < 4.78 is 38.6. The molecule has 17 heavy (non-hydrogen) atoms. The summed E-state index contributed by atoms with van der Waals surface area (Å²) in [6, 6.07) is 3.33. The first-order chi connectivity index (χ1) is 7.89. The molecule has 0 saturated heterocycles. The van der Waals surface area contributed by atoms with Gasteiger partial charge in [0.15, 0.2) is 6.20 Å². The smallest absolute Gasteiger partial charge is 0.418 e. The number of hydrogen-bond acceptors (Lipinski definition) is 2. The SMILES string of the molecule is [O-][n+]1ccnn1-c1cc(Br)ccc1C(F)(F)F. The predicted octanol–water partition coefficient (Wildman–Crippen LogP) is 2.29. The Morgan fingerprint density at radius 3 is 2.59 bits per heavy atom. The van der Waals surface area contributed by atoms with Gasteiger partial charge >= 0.3 is 6.18 Å². The first-order valence-electron chi connectivity index (χ1n) is 4.40. The maximum Gasteiger partial charge on any atom is 0.418 e. The zero-order chi connectivity index (χ0) is 12.6. The molecule has 0 N–H and O–H groups in total.